The molecule has 11 atom stereocenters. The molecule has 8 aromatic rings. The summed E-state index contributed by atoms with van der Waals surface area (Å²) in [5, 5.41) is -5.26. The first-order valence-corrected chi connectivity index (χ1v) is 54.4. The molecule has 0 amide bonds. The molecule has 10 aliphatic carbocycles. The zero-order chi connectivity index (χ0) is 101. The van der Waals surface area contributed by atoms with E-state index >= 15 is 0 Å². The fourth-order valence-electron chi connectivity index (χ4n) is 21.7. The van der Waals surface area contributed by atoms with E-state index in [-0.39, 0.29) is 64.1 Å². The van der Waals surface area contributed by atoms with E-state index in [0.29, 0.717) is 64.1 Å². The summed E-state index contributed by atoms with van der Waals surface area (Å²) < 4.78 is 206. The molecule has 10 aliphatic rings. The van der Waals surface area contributed by atoms with Crippen LogP contribution in [-0.2, 0) is 45.2 Å². The van der Waals surface area contributed by atoms with Gasteiger partial charge >= 0.3 is 32.9 Å². The number of fused-ring (bicyclic) bond motifs is 2. The van der Waals surface area contributed by atoms with Crippen molar-refractivity contribution in [3.05, 3.63) is 257 Å². The second-order valence-corrected chi connectivity index (χ2v) is 47.7. The summed E-state index contributed by atoms with van der Waals surface area (Å²) in [4.78, 5) is 4.08. The Labute approximate surface area is 826 Å². The monoisotopic (exact) mass is 1990 g/mol. The lowest BCUT2D eigenvalue weighted by atomic mass is 9.49. The van der Waals surface area contributed by atoms with Gasteiger partial charge in [-0.2, -0.15) is 47.9 Å². The van der Waals surface area contributed by atoms with E-state index in [2.05, 4.69) is 291 Å². The van der Waals surface area contributed by atoms with Gasteiger partial charge in [0, 0.05) is 17.3 Å². The summed E-state index contributed by atoms with van der Waals surface area (Å²) >= 11 is 0. The van der Waals surface area contributed by atoms with Crippen LogP contribution in [-0.4, -0.2) is 81.9 Å². The maximum Gasteiger partial charge on any atom is 0.450 e. The molecule has 10 bridgehead atoms. The number of alkyl halides is 9. The van der Waals surface area contributed by atoms with E-state index in [4.69, 9.17) is 33.5 Å². The molecule has 0 aliphatic heterocycles. The van der Waals surface area contributed by atoms with Crippen molar-refractivity contribution < 1.29 is 94.1 Å². The van der Waals surface area contributed by atoms with Crippen LogP contribution in [0.3, 0.4) is 0 Å². The van der Waals surface area contributed by atoms with Gasteiger partial charge in [0.05, 0.1) is 29.2 Å². The molecule has 1 N–H and O–H groups in total. The second-order valence-electron chi connectivity index (χ2n) is 42.4. The number of hydrogen-bond donors (Lipinski definition) is 1. The van der Waals surface area contributed by atoms with E-state index in [1.807, 2.05) is 12.1 Å². The molecule has 139 heavy (non-hydrogen) atoms. The van der Waals surface area contributed by atoms with Crippen LogP contribution >= 0.6 is 0 Å². The van der Waals surface area contributed by atoms with E-state index in [0.717, 1.165) is 109 Å². The van der Waals surface area contributed by atoms with Crippen LogP contribution in [0.15, 0.2) is 239 Å². The van der Waals surface area contributed by atoms with Crippen molar-refractivity contribution in [1.29, 1.82) is 0 Å². The van der Waals surface area contributed by atoms with Gasteiger partial charge < -0.3 is 42.4 Å². The molecular formula is C114H150F9NO12S3. The number of halogens is 9. The third kappa shape index (κ3) is 29.0. The Morgan fingerprint density at radius 3 is 1.08 bits per heavy atom. The van der Waals surface area contributed by atoms with Gasteiger partial charge in [-0.05, 0) is 356 Å². The number of allylic oxidation sites excluding steroid dienone is 2. The number of sulfonamides is 1. The molecule has 9 saturated carbocycles. The average Bonchev–Trinajstić information content (AvgIpc) is 1.70. The lowest BCUT2D eigenvalue weighted by Gasteiger charge is -2.58. The Bertz CT molecular complexity index is 5190. The number of phenols is 1. The molecule has 0 aromatic heterocycles. The minimum absolute atomic E-state index is 0.0146. The average molecular weight is 1990 g/mol. The van der Waals surface area contributed by atoms with Crippen LogP contribution in [0.5, 0.6) is 28.7 Å². The Balaban J connectivity index is 0.000000163. The van der Waals surface area contributed by atoms with Gasteiger partial charge in [-0.3, -0.25) is 0 Å². The van der Waals surface area contributed by atoms with Gasteiger partial charge in [0.1, 0.15) is 28.7 Å². The van der Waals surface area contributed by atoms with Crippen molar-refractivity contribution >= 4 is 31.0 Å². The number of ether oxygens (including phenoxy) is 6. The van der Waals surface area contributed by atoms with Crippen LogP contribution in [0.2, 0.25) is 0 Å². The standard InChI is InChI=1S/C26H40O2.C24H36O2.C22H32O2.C18H15S.C14H13F9NO5S2.C10H14O/c1-6-17(2)20-7-9-23(10-8-20)27-24(16-26(3,4)5)28-25-21-12-18-11-19(14-21)15-22(25)13-18;1-5-17(4)21-6-8-22(9-7-21)26-23(25-16(2)3)24-13-18-10-19(14-24)12-20(11-18)15-24;1-6-16(4)18-8-11-20(12-9-18)24-21(23-15(2)3)22(5)14-17-7-10-19(22)13-17;1-4-10-16(11-5-1)19(17-12-6-2-7-13-17)18-14-8-3-9-15-18;1-3-8(2)9-4-6-10(7-5-9)29-31(27,28)13(19,20)11(15,16)12(17,18)30(25,26)24-14(21,22)23;1-3-8(2)9-4-6-10(11)7-5-9/h7-10,17-19,21-22,24-25H,6,11-16H2,1-5H3;6-9,16-20,23H,5,10-15H2,1-4H3;7-12,15-17,19,21H,6,13-14H2,1-5H3;1-15H;4-8H,3H2,1-2H3;4-8,11H,3H2,1-2H3/q;;;+1;-1;. The smallest absolute Gasteiger partial charge is 0.450 e. The first-order valence-electron chi connectivity index (χ1n) is 50.4. The number of nitrogens with zero attached hydrogens (tertiary/aromatic N) is 1. The van der Waals surface area contributed by atoms with Crippen molar-refractivity contribution in [2.24, 2.45) is 69.5 Å². The highest BCUT2D eigenvalue weighted by Gasteiger charge is 2.82. The predicted octanol–water partition coefficient (Wildman–Crippen LogP) is 32.3. The van der Waals surface area contributed by atoms with Gasteiger partial charge in [-0.25, -0.2) is 8.42 Å². The van der Waals surface area contributed by atoms with Gasteiger partial charge in [-0.1, -0.05) is 224 Å². The SMILES string of the molecule is CCC(C)c1ccc(O)cc1.CCC(C)c1ccc(OC(CC(C)(C)C)OC2C3CC4CC(C3)CC2C4)cc1.CCC(C)c1ccc(OC(OC(C)C)C2(C)CC3C=CC2C3)cc1.CCC(C)c1ccc(OC(OC(C)C)C23CC4CC(CC(C4)C2)C3)cc1.CCC(C)c1ccc(OS(=O)(=O)C(F)(F)C(F)(F)C(F)(F)S(=O)(=O)[N-]C(F)(F)F)cc1.c1ccc([S+](c2ccccc2)c2ccccc2)cc1. The maximum absolute atomic E-state index is 13.9. The highest BCUT2D eigenvalue weighted by molar-refractivity contribution is 7.97. The van der Waals surface area contributed by atoms with Gasteiger partial charge in [0.25, 0.3) is 0 Å². The van der Waals surface area contributed by atoms with Crippen molar-refractivity contribution in [3.63, 3.8) is 0 Å². The number of benzene rings is 8. The molecule has 0 heterocycles. The summed E-state index contributed by atoms with van der Waals surface area (Å²) in [5.41, 5.74) is 6.50. The van der Waals surface area contributed by atoms with Crippen molar-refractivity contribution in [3.8, 4) is 28.7 Å². The normalized spacial score (nSPS) is 24.6. The van der Waals surface area contributed by atoms with Gasteiger partial charge in [0.15, 0.2) is 24.7 Å². The summed E-state index contributed by atoms with van der Waals surface area (Å²) in [6.45, 7) is 39.1. The molecule has 13 nitrogen and oxygen atoms in total. The Kier molecular flexibility index (Phi) is 38.5. The van der Waals surface area contributed by atoms with Crippen LogP contribution in [0.25, 0.3) is 4.72 Å². The Morgan fingerprint density at radius 2 is 0.748 bits per heavy atom. The zero-order valence-electron chi connectivity index (χ0n) is 84.4. The first kappa shape index (κ1) is 111. The van der Waals surface area contributed by atoms with E-state index in [1.165, 1.54) is 127 Å². The van der Waals surface area contributed by atoms with Crippen LogP contribution < -0.4 is 18.4 Å². The topological polar surface area (TPSA) is 167 Å². The molecule has 18 rings (SSSR count). The quantitative estimate of drug-likeness (QED) is 0.00999. The molecular weight excluding hydrogens is 1840 g/mol. The summed E-state index contributed by atoms with van der Waals surface area (Å²) in [7, 11) is -14.8. The predicted molar refractivity (Wildman–Crippen MR) is 537 cm³/mol. The van der Waals surface area contributed by atoms with E-state index < -0.39 is 48.6 Å². The largest absolute Gasteiger partial charge is 0.508 e. The Morgan fingerprint density at radius 1 is 0.410 bits per heavy atom. The third-order valence-corrected chi connectivity index (χ3v) is 34.6. The molecule has 9 fully saturated rings. The third-order valence-electron chi connectivity index (χ3n) is 29.7. The lowest BCUT2D eigenvalue weighted by Crippen LogP contribution is -2.61. The molecule has 11 unspecified atom stereocenters. The molecule has 0 spiro atoms. The second kappa shape index (κ2) is 48.1. The fourth-order valence-corrected chi connectivity index (χ4v) is 25.6. The zero-order valence-corrected chi connectivity index (χ0v) is 86.8. The summed E-state index contributed by atoms with van der Waals surface area (Å²) in [6, 6.07) is 69.4. The highest BCUT2D eigenvalue weighted by atomic mass is 32.2. The Hall–Kier alpha value is -8.04. The van der Waals surface area contributed by atoms with Crippen LogP contribution in [0.4, 0.5) is 39.5 Å². The minimum atomic E-state index is -7.69. The van der Waals surface area contributed by atoms with Gasteiger partial charge in [0.2, 0.25) is 18.9 Å². The first-order chi connectivity index (χ1) is 65.5. The molecule has 8 aromatic carbocycles. The summed E-state index contributed by atoms with van der Waals surface area (Å²) in [6.07, 6.45) is 22.7. The maximum atomic E-state index is 13.9. The van der Waals surface area contributed by atoms with E-state index in [1.54, 1.807) is 26.0 Å². The number of aromatic hydroxyl groups is 1. The number of hydrogen-bond acceptors (Lipinski definition) is 12. The van der Waals surface area contributed by atoms with Gasteiger partial charge in [-0.15, -0.1) is 0 Å². The van der Waals surface area contributed by atoms with Crippen molar-refractivity contribution in [1.82, 2.24) is 0 Å². The van der Waals surface area contributed by atoms with Crippen molar-refractivity contribution in [2.75, 3.05) is 0 Å². The molecule has 0 saturated heterocycles. The van der Waals surface area contributed by atoms with E-state index in [9.17, 15) is 56.3 Å². The fraction of sp³-hybridized carbons (Fsp3) is 0.561. The number of rotatable bonds is 35. The highest BCUT2D eigenvalue weighted by Crippen LogP contribution is 2.63. The summed E-state index contributed by atoms with van der Waals surface area (Å²) in [5.74, 6) is 4.56. The lowest BCUT2D eigenvalue weighted by molar-refractivity contribution is -0.245. The van der Waals surface area contributed by atoms with Crippen molar-refractivity contribution in [2.45, 2.75) is 351 Å². The molecule has 764 valence electrons. The number of phenolic OH excluding ortho intramolecular Hbond substituents is 1. The van der Waals surface area contributed by atoms with Crippen LogP contribution in [0.1, 0.15) is 304 Å². The molecule has 25 heteroatoms. The minimum Gasteiger partial charge on any atom is -0.508 e. The molecule has 0 radical (unpaired) electrons. The van der Waals surface area contributed by atoms with Crippen LogP contribution in [0, 0.1) is 69.5 Å².